The average Bonchev–Trinajstić information content (AvgIpc) is 3.18. The van der Waals surface area contributed by atoms with Crippen LogP contribution >= 0.6 is 12.4 Å². The molecule has 0 amide bonds. The first-order valence-electron chi connectivity index (χ1n) is 8.78. The Hall–Kier alpha value is -3.31. The normalized spacial score (nSPS) is 12.0. The first-order chi connectivity index (χ1) is 13.3. The minimum absolute atomic E-state index is 0. The van der Waals surface area contributed by atoms with Crippen LogP contribution in [0.4, 0.5) is 0 Å². The molecule has 0 bridgehead atoms. The van der Waals surface area contributed by atoms with Crippen molar-refractivity contribution in [3.8, 4) is 22.9 Å². The summed E-state index contributed by atoms with van der Waals surface area (Å²) in [5.41, 5.74) is 3.28. The fourth-order valence-corrected chi connectivity index (χ4v) is 3.38. The van der Waals surface area contributed by atoms with E-state index in [9.17, 15) is 0 Å². The molecule has 0 atom stereocenters. The number of nitrogens with one attached hydrogen (secondary N) is 1. The third-order valence-corrected chi connectivity index (χ3v) is 4.72. The second-order valence-corrected chi connectivity index (χ2v) is 6.44. The lowest BCUT2D eigenvalue weighted by molar-refractivity contribution is 0.174. The van der Waals surface area contributed by atoms with Gasteiger partial charge in [0, 0.05) is 10.9 Å². The van der Waals surface area contributed by atoms with E-state index in [2.05, 4.69) is 0 Å². The topological polar surface area (TPSA) is 60.1 Å². The number of para-hydroxylation sites is 1. The zero-order valence-corrected chi connectivity index (χ0v) is 15.8. The number of nitrogens with zero attached hydrogens (tertiary/aromatic N) is 2. The van der Waals surface area contributed by atoms with Gasteiger partial charge >= 0.3 is 0 Å². The minimum atomic E-state index is 0. The second kappa shape index (κ2) is 7.37. The SMILES string of the molecule is Cl.N=c1c2ccccc2nc(-c2ccccc2)n1Cc1ccc2c(c1)OCO2. The molecule has 6 heteroatoms. The van der Waals surface area contributed by atoms with E-state index in [-0.39, 0.29) is 19.2 Å². The molecule has 28 heavy (non-hydrogen) atoms. The number of rotatable bonds is 3. The van der Waals surface area contributed by atoms with Crippen molar-refractivity contribution in [2.75, 3.05) is 6.79 Å². The number of hydrogen-bond acceptors (Lipinski definition) is 4. The quantitative estimate of drug-likeness (QED) is 0.563. The summed E-state index contributed by atoms with van der Waals surface area (Å²) in [7, 11) is 0. The lowest BCUT2D eigenvalue weighted by Gasteiger charge is -2.15. The summed E-state index contributed by atoms with van der Waals surface area (Å²) < 4.78 is 12.8. The molecule has 1 aliphatic rings. The molecular formula is C22H18ClN3O2. The van der Waals surface area contributed by atoms with Crippen LogP contribution in [0.5, 0.6) is 11.5 Å². The van der Waals surface area contributed by atoms with Crippen LogP contribution in [-0.4, -0.2) is 16.3 Å². The van der Waals surface area contributed by atoms with E-state index in [0.29, 0.717) is 12.0 Å². The fraction of sp³-hybridized carbons (Fsp3) is 0.0909. The van der Waals surface area contributed by atoms with Crippen LogP contribution < -0.4 is 15.0 Å². The van der Waals surface area contributed by atoms with E-state index in [0.717, 1.165) is 39.4 Å². The van der Waals surface area contributed by atoms with Gasteiger partial charge in [-0.05, 0) is 29.8 Å². The number of benzene rings is 3. The van der Waals surface area contributed by atoms with Crippen molar-refractivity contribution in [2.45, 2.75) is 6.54 Å². The standard InChI is InChI=1S/C22H17N3O2.ClH/c23-21-17-8-4-5-9-18(17)24-22(16-6-2-1-3-7-16)25(21)13-15-10-11-19-20(12-15)27-14-26-19;/h1-12,23H,13-14H2;1H. The van der Waals surface area contributed by atoms with Crippen molar-refractivity contribution in [1.82, 2.24) is 9.55 Å². The Balaban J connectivity index is 0.00000192. The van der Waals surface area contributed by atoms with Crippen molar-refractivity contribution < 1.29 is 9.47 Å². The monoisotopic (exact) mass is 391 g/mol. The molecule has 0 unspecified atom stereocenters. The molecule has 1 N–H and O–H groups in total. The first kappa shape index (κ1) is 18.1. The van der Waals surface area contributed by atoms with Gasteiger partial charge in [-0.2, -0.15) is 0 Å². The Morgan fingerprint density at radius 2 is 1.64 bits per heavy atom. The second-order valence-electron chi connectivity index (χ2n) is 6.44. The summed E-state index contributed by atoms with van der Waals surface area (Å²) in [5.74, 6) is 2.28. The maximum absolute atomic E-state index is 8.80. The van der Waals surface area contributed by atoms with Crippen LogP contribution in [-0.2, 0) is 6.54 Å². The molecule has 3 aromatic carbocycles. The Labute approximate surface area is 168 Å². The molecule has 140 valence electrons. The number of fused-ring (bicyclic) bond motifs is 2. The smallest absolute Gasteiger partial charge is 0.231 e. The summed E-state index contributed by atoms with van der Waals surface area (Å²) in [5, 5.41) is 9.63. The summed E-state index contributed by atoms with van der Waals surface area (Å²) >= 11 is 0. The Morgan fingerprint density at radius 3 is 2.50 bits per heavy atom. The lowest BCUT2D eigenvalue weighted by atomic mass is 10.1. The zero-order valence-electron chi connectivity index (χ0n) is 15.0. The maximum atomic E-state index is 8.80. The van der Waals surface area contributed by atoms with Crippen LogP contribution in [0.25, 0.3) is 22.3 Å². The molecule has 0 saturated heterocycles. The maximum Gasteiger partial charge on any atom is 0.231 e. The van der Waals surface area contributed by atoms with Crippen molar-refractivity contribution in [2.24, 2.45) is 0 Å². The van der Waals surface area contributed by atoms with Gasteiger partial charge in [0.2, 0.25) is 6.79 Å². The molecule has 5 rings (SSSR count). The molecule has 0 spiro atoms. The number of hydrogen-bond donors (Lipinski definition) is 1. The van der Waals surface area contributed by atoms with Gasteiger partial charge in [-0.3, -0.25) is 5.41 Å². The third kappa shape index (κ3) is 3.10. The molecule has 4 aromatic rings. The Morgan fingerprint density at radius 1 is 0.893 bits per heavy atom. The number of halogens is 1. The molecule has 2 heterocycles. The largest absolute Gasteiger partial charge is 0.454 e. The van der Waals surface area contributed by atoms with Crippen molar-refractivity contribution >= 4 is 23.3 Å². The summed E-state index contributed by atoms with van der Waals surface area (Å²) in [6.07, 6.45) is 0. The number of aromatic nitrogens is 2. The minimum Gasteiger partial charge on any atom is -0.454 e. The van der Waals surface area contributed by atoms with Crippen LogP contribution in [0.3, 0.4) is 0 Å². The highest BCUT2D eigenvalue weighted by atomic mass is 35.5. The highest BCUT2D eigenvalue weighted by Crippen LogP contribution is 2.33. The molecule has 5 nitrogen and oxygen atoms in total. The lowest BCUT2D eigenvalue weighted by Crippen LogP contribution is -2.24. The third-order valence-electron chi connectivity index (χ3n) is 4.72. The average molecular weight is 392 g/mol. The molecule has 0 saturated carbocycles. The summed E-state index contributed by atoms with van der Waals surface area (Å²) in [4.78, 5) is 4.86. The van der Waals surface area contributed by atoms with Gasteiger partial charge in [0.15, 0.2) is 11.5 Å². The molecule has 0 radical (unpaired) electrons. The van der Waals surface area contributed by atoms with Crippen LogP contribution in [0.2, 0.25) is 0 Å². The Kier molecular flexibility index (Phi) is 4.75. The van der Waals surface area contributed by atoms with Crippen molar-refractivity contribution in [1.29, 1.82) is 5.41 Å². The van der Waals surface area contributed by atoms with Gasteiger partial charge in [0.05, 0.1) is 12.1 Å². The van der Waals surface area contributed by atoms with Crippen molar-refractivity contribution in [3.63, 3.8) is 0 Å². The van der Waals surface area contributed by atoms with Gasteiger partial charge in [0.1, 0.15) is 11.3 Å². The van der Waals surface area contributed by atoms with Gasteiger partial charge in [-0.1, -0.05) is 48.5 Å². The van der Waals surface area contributed by atoms with Crippen LogP contribution in [0.15, 0.2) is 72.8 Å². The van der Waals surface area contributed by atoms with Gasteiger partial charge in [0.25, 0.3) is 0 Å². The van der Waals surface area contributed by atoms with Crippen LogP contribution in [0.1, 0.15) is 5.56 Å². The van der Waals surface area contributed by atoms with E-state index >= 15 is 0 Å². The van der Waals surface area contributed by atoms with Crippen LogP contribution in [0, 0.1) is 5.41 Å². The van der Waals surface area contributed by atoms with E-state index in [1.54, 1.807) is 0 Å². The number of ether oxygens (including phenoxy) is 2. The van der Waals surface area contributed by atoms with Crippen molar-refractivity contribution in [3.05, 3.63) is 83.8 Å². The van der Waals surface area contributed by atoms with E-state index in [1.165, 1.54) is 0 Å². The first-order valence-corrected chi connectivity index (χ1v) is 8.78. The summed E-state index contributed by atoms with van der Waals surface area (Å²) in [6.45, 7) is 0.778. The predicted molar refractivity (Wildman–Crippen MR) is 110 cm³/mol. The van der Waals surface area contributed by atoms with Gasteiger partial charge < -0.3 is 14.0 Å². The molecule has 0 aliphatic carbocycles. The predicted octanol–water partition coefficient (Wildman–Crippen LogP) is 4.38. The van der Waals surface area contributed by atoms with Gasteiger partial charge in [-0.25, -0.2) is 4.98 Å². The Bertz CT molecular complexity index is 1210. The molecule has 1 aliphatic heterocycles. The fourth-order valence-electron chi connectivity index (χ4n) is 3.38. The summed E-state index contributed by atoms with van der Waals surface area (Å²) in [6, 6.07) is 23.7. The highest BCUT2D eigenvalue weighted by molar-refractivity contribution is 5.85. The molecule has 1 aromatic heterocycles. The van der Waals surface area contributed by atoms with E-state index in [4.69, 9.17) is 19.9 Å². The molecular weight excluding hydrogens is 374 g/mol. The zero-order chi connectivity index (χ0) is 18.2. The molecule has 0 fully saturated rings. The van der Waals surface area contributed by atoms with E-state index in [1.807, 2.05) is 77.4 Å². The van der Waals surface area contributed by atoms with E-state index < -0.39 is 0 Å². The van der Waals surface area contributed by atoms with Gasteiger partial charge in [-0.15, -0.1) is 12.4 Å². The highest BCUT2D eigenvalue weighted by Gasteiger charge is 2.15.